The Kier molecular flexibility index (Phi) is 6.64. The molecule has 1 amide bonds. The van der Waals surface area contributed by atoms with Gasteiger partial charge < -0.3 is 19.9 Å². The fourth-order valence-corrected chi connectivity index (χ4v) is 3.44. The molecule has 0 bridgehead atoms. The molecule has 22 heavy (non-hydrogen) atoms. The van der Waals surface area contributed by atoms with Crippen molar-refractivity contribution in [2.24, 2.45) is 11.8 Å². The maximum atomic E-state index is 12.5. The summed E-state index contributed by atoms with van der Waals surface area (Å²) in [4.78, 5) is 24.2. The lowest BCUT2D eigenvalue weighted by Gasteiger charge is -2.34. The minimum atomic E-state index is -1.32. The Bertz CT molecular complexity index is 375. The van der Waals surface area contributed by atoms with Crippen LogP contribution < -0.4 is 5.32 Å². The standard InChI is InChI=1S/C16H27NO5/c1-21-16(20)14(18)13(11-7-9-22-10-8-11)17-15(19)12-5-3-2-4-6-12/h11-14,18H,2-10H2,1H3,(H,17,19). The number of amides is 1. The number of esters is 1. The Morgan fingerprint density at radius 3 is 2.36 bits per heavy atom. The summed E-state index contributed by atoms with van der Waals surface area (Å²) in [5.41, 5.74) is 0. The maximum Gasteiger partial charge on any atom is 0.336 e. The molecule has 2 fully saturated rings. The maximum absolute atomic E-state index is 12.5. The fraction of sp³-hybridized carbons (Fsp3) is 0.875. The fourth-order valence-electron chi connectivity index (χ4n) is 3.44. The summed E-state index contributed by atoms with van der Waals surface area (Å²) < 4.78 is 9.97. The number of nitrogens with one attached hydrogen (secondary N) is 1. The molecule has 6 nitrogen and oxygen atoms in total. The molecule has 0 spiro atoms. The molecule has 6 heteroatoms. The van der Waals surface area contributed by atoms with Crippen LogP contribution in [0.1, 0.15) is 44.9 Å². The van der Waals surface area contributed by atoms with Gasteiger partial charge in [-0.1, -0.05) is 19.3 Å². The molecule has 2 aliphatic rings. The van der Waals surface area contributed by atoms with Crippen molar-refractivity contribution in [3.8, 4) is 0 Å². The normalized spacial score (nSPS) is 23.5. The smallest absolute Gasteiger partial charge is 0.336 e. The third-order valence-corrected chi connectivity index (χ3v) is 4.84. The van der Waals surface area contributed by atoms with E-state index in [0.717, 1.165) is 38.5 Å². The predicted octanol–water partition coefficient (Wildman–Crippen LogP) is 1.01. The van der Waals surface area contributed by atoms with Crippen LogP contribution in [0.4, 0.5) is 0 Å². The molecule has 0 radical (unpaired) electrons. The van der Waals surface area contributed by atoms with E-state index < -0.39 is 18.1 Å². The van der Waals surface area contributed by atoms with E-state index in [1.165, 1.54) is 13.5 Å². The van der Waals surface area contributed by atoms with Crippen LogP contribution in [0.2, 0.25) is 0 Å². The third kappa shape index (κ3) is 4.43. The molecule has 1 saturated heterocycles. The van der Waals surface area contributed by atoms with Crippen LogP contribution >= 0.6 is 0 Å². The van der Waals surface area contributed by atoms with E-state index >= 15 is 0 Å². The first-order chi connectivity index (χ1) is 10.6. The molecule has 0 aromatic heterocycles. The average molecular weight is 313 g/mol. The second-order valence-electron chi connectivity index (χ2n) is 6.29. The van der Waals surface area contributed by atoms with E-state index in [1.54, 1.807) is 0 Å². The Labute approximate surface area is 131 Å². The number of hydrogen-bond acceptors (Lipinski definition) is 5. The summed E-state index contributed by atoms with van der Waals surface area (Å²) in [6.07, 6.45) is 5.23. The minimum absolute atomic E-state index is 0.000868. The molecule has 0 aromatic rings. The summed E-state index contributed by atoms with van der Waals surface area (Å²) in [5.74, 6) is -0.698. The zero-order valence-corrected chi connectivity index (χ0v) is 13.3. The molecule has 1 heterocycles. The van der Waals surface area contributed by atoms with Gasteiger partial charge in [0.2, 0.25) is 5.91 Å². The molecule has 1 saturated carbocycles. The molecule has 2 N–H and O–H groups in total. The average Bonchev–Trinajstić information content (AvgIpc) is 2.59. The van der Waals surface area contributed by atoms with Crippen LogP contribution in [-0.4, -0.2) is 49.5 Å². The van der Waals surface area contributed by atoms with Gasteiger partial charge in [-0.25, -0.2) is 4.79 Å². The predicted molar refractivity (Wildman–Crippen MR) is 80.1 cm³/mol. The molecule has 126 valence electrons. The van der Waals surface area contributed by atoms with E-state index in [9.17, 15) is 14.7 Å². The van der Waals surface area contributed by atoms with Crippen LogP contribution in [0.15, 0.2) is 0 Å². The van der Waals surface area contributed by atoms with Gasteiger partial charge in [-0.3, -0.25) is 4.79 Å². The van der Waals surface area contributed by atoms with Crippen molar-refractivity contribution in [3.63, 3.8) is 0 Å². The van der Waals surface area contributed by atoms with Gasteiger partial charge in [-0.15, -0.1) is 0 Å². The Morgan fingerprint density at radius 2 is 1.77 bits per heavy atom. The number of carbonyl (C=O) groups excluding carboxylic acids is 2. The molecule has 2 atom stereocenters. The highest BCUT2D eigenvalue weighted by Gasteiger charge is 2.37. The number of aliphatic hydroxyl groups is 1. The SMILES string of the molecule is COC(=O)C(O)C(NC(=O)C1CCCCC1)C1CCOCC1. The summed E-state index contributed by atoms with van der Waals surface area (Å²) in [6, 6.07) is -0.592. The van der Waals surface area contributed by atoms with Crippen molar-refractivity contribution in [2.75, 3.05) is 20.3 Å². The highest BCUT2D eigenvalue weighted by Crippen LogP contribution is 2.26. The van der Waals surface area contributed by atoms with Crippen molar-refractivity contribution in [1.82, 2.24) is 5.32 Å². The number of rotatable bonds is 5. The lowest BCUT2D eigenvalue weighted by molar-refractivity contribution is -0.154. The van der Waals surface area contributed by atoms with Crippen LogP contribution in [0.5, 0.6) is 0 Å². The van der Waals surface area contributed by atoms with Crippen LogP contribution in [0, 0.1) is 11.8 Å². The number of ether oxygens (including phenoxy) is 2. The van der Waals surface area contributed by atoms with Crippen molar-refractivity contribution in [1.29, 1.82) is 0 Å². The second-order valence-corrected chi connectivity index (χ2v) is 6.29. The minimum Gasteiger partial charge on any atom is -0.467 e. The zero-order valence-electron chi connectivity index (χ0n) is 13.3. The summed E-state index contributed by atoms with van der Waals surface area (Å²) in [6.45, 7) is 1.18. The Balaban J connectivity index is 2.02. The summed E-state index contributed by atoms with van der Waals surface area (Å²) >= 11 is 0. The molecule has 1 aliphatic carbocycles. The van der Waals surface area contributed by atoms with Gasteiger partial charge in [0.15, 0.2) is 6.10 Å². The third-order valence-electron chi connectivity index (χ3n) is 4.84. The molecule has 1 aliphatic heterocycles. The summed E-state index contributed by atoms with van der Waals surface area (Å²) in [7, 11) is 1.25. The summed E-state index contributed by atoms with van der Waals surface area (Å²) in [5, 5.41) is 13.2. The van der Waals surface area contributed by atoms with Gasteiger partial charge >= 0.3 is 5.97 Å². The zero-order chi connectivity index (χ0) is 15.9. The first kappa shape index (κ1) is 17.2. The van der Waals surface area contributed by atoms with Gasteiger partial charge in [0, 0.05) is 19.1 Å². The van der Waals surface area contributed by atoms with Gasteiger partial charge in [0.25, 0.3) is 0 Å². The monoisotopic (exact) mass is 313 g/mol. The lowest BCUT2D eigenvalue weighted by Crippen LogP contribution is -2.54. The number of hydrogen-bond donors (Lipinski definition) is 2. The first-order valence-corrected chi connectivity index (χ1v) is 8.27. The topological polar surface area (TPSA) is 84.9 Å². The van der Waals surface area contributed by atoms with Crippen molar-refractivity contribution < 1.29 is 24.2 Å². The van der Waals surface area contributed by atoms with E-state index in [-0.39, 0.29) is 17.7 Å². The van der Waals surface area contributed by atoms with Gasteiger partial charge in [0.1, 0.15) is 0 Å². The number of aliphatic hydroxyl groups excluding tert-OH is 1. The second kappa shape index (κ2) is 8.48. The van der Waals surface area contributed by atoms with Crippen molar-refractivity contribution in [3.05, 3.63) is 0 Å². The van der Waals surface area contributed by atoms with E-state index in [4.69, 9.17) is 4.74 Å². The van der Waals surface area contributed by atoms with Crippen LogP contribution in [0.25, 0.3) is 0 Å². The van der Waals surface area contributed by atoms with Gasteiger partial charge in [-0.05, 0) is 31.6 Å². The first-order valence-electron chi connectivity index (χ1n) is 8.27. The molecule has 2 rings (SSSR count). The van der Waals surface area contributed by atoms with E-state index in [1.807, 2.05) is 0 Å². The Morgan fingerprint density at radius 1 is 1.14 bits per heavy atom. The van der Waals surface area contributed by atoms with Crippen LogP contribution in [-0.2, 0) is 19.1 Å². The van der Waals surface area contributed by atoms with Gasteiger partial charge in [-0.2, -0.15) is 0 Å². The van der Waals surface area contributed by atoms with E-state index in [2.05, 4.69) is 10.1 Å². The lowest BCUT2D eigenvalue weighted by atomic mass is 9.85. The van der Waals surface area contributed by atoms with E-state index in [0.29, 0.717) is 13.2 Å². The molecule has 0 aromatic carbocycles. The molecular weight excluding hydrogens is 286 g/mol. The molecule has 2 unspecified atom stereocenters. The Hall–Kier alpha value is -1.14. The van der Waals surface area contributed by atoms with Crippen LogP contribution in [0.3, 0.4) is 0 Å². The van der Waals surface area contributed by atoms with Crippen molar-refractivity contribution >= 4 is 11.9 Å². The highest BCUT2D eigenvalue weighted by molar-refractivity contribution is 5.81. The van der Waals surface area contributed by atoms with Crippen molar-refractivity contribution in [2.45, 2.75) is 57.1 Å². The van der Waals surface area contributed by atoms with Gasteiger partial charge in [0.05, 0.1) is 13.2 Å². The number of methoxy groups -OCH3 is 1. The largest absolute Gasteiger partial charge is 0.467 e. The highest BCUT2D eigenvalue weighted by atomic mass is 16.5. The number of carbonyl (C=O) groups is 2. The quantitative estimate of drug-likeness (QED) is 0.740. The molecular formula is C16H27NO5.